The summed E-state index contributed by atoms with van der Waals surface area (Å²) in [6.07, 6.45) is 0. The lowest BCUT2D eigenvalue weighted by Crippen LogP contribution is -1.80. The van der Waals surface area contributed by atoms with Gasteiger partial charge in [0, 0.05) is 0 Å². The van der Waals surface area contributed by atoms with Crippen molar-refractivity contribution < 1.29 is 0 Å². The maximum absolute atomic E-state index is 5.62. The average Bonchev–Trinajstić information content (AvgIpc) is 2.47. The van der Waals surface area contributed by atoms with E-state index in [1.165, 1.54) is 16.9 Å². The summed E-state index contributed by atoms with van der Waals surface area (Å²) >= 11 is 1.53. The molecule has 2 aromatic rings. The molecular weight excluding hydrogens is 194 g/mol. The highest BCUT2D eigenvalue weighted by Crippen LogP contribution is 2.30. The van der Waals surface area contributed by atoms with Crippen LogP contribution in [0, 0.1) is 6.92 Å². The van der Waals surface area contributed by atoms with Gasteiger partial charge in [0.25, 0.3) is 0 Å². The quantitative estimate of drug-likeness (QED) is 0.755. The highest BCUT2D eigenvalue weighted by Gasteiger charge is 2.06. The van der Waals surface area contributed by atoms with E-state index in [1.54, 1.807) is 0 Å². The molecule has 74 valence electrons. The Morgan fingerprint density at radius 3 is 2.36 bits per heavy atom. The van der Waals surface area contributed by atoms with Crippen molar-refractivity contribution in [3.63, 3.8) is 0 Å². The average molecular weight is 207 g/mol. The Morgan fingerprint density at radius 2 is 1.86 bits per heavy atom. The van der Waals surface area contributed by atoms with E-state index in [9.17, 15) is 0 Å². The van der Waals surface area contributed by atoms with Gasteiger partial charge in [-0.25, -0.2) is 4.98 Å². The normalized spacial score (nSPS) is 9.50. The van der Waals surface area contributed by atoms with Crippen molar-refractivity contribution in [3.8, 4) is 10.4 Å². The van der Waals surface area contributed by atoms with Gasteiger partial charge in [0.1, 0.15) is 0 Å². The van der Waals surface area contributed by atoms with E-state index in [2.05, 4.69) is 17.1 Å². The molecule has 1 heterocycles. The first-order valence-corrected chi connectivity index (χ1v) is 4.87. The van der Waals surface area contributed by atoms with E-state index in [4.69, 9.17) is 5.73 Å². The molecule has 0 bridgehead atoms. The largest absolute Gasteiger partial charge is 0.375 e. The zero-order chi connectivity index (χ0) is 9.26. The topological polar surface area (TPSA) is 73.9 Å². The second-order valence-corrected chi connectivity index (χ2v) is 3.86. The zero-order valence-electron chi connectivity index (χ0n) is 8.03. The maximum atomic E-state index is 5.62. The molecule has 2 rings (SSSR count). The summed E-state index contributed by atoms with van der Waals surface area (Å²) in [5.41, 5.74) is 7.82. The number of nitrogens with two attached hydrogens (primary N) is 1. The number of nitrogens with zero attached hydrogens (tertiary/aromatic N) is 1. The first-order valence-electron chi connectivity index (χ1n) is 4.05. The summed E-state index contributed by atoms with van der Waals surface area (Å²) in [6.45, 7) is 1.98. The Bertz CT molecular complexity index is 409. The summed E-state index contributed by atoms with van der Waals surface area (Å²) in [6, 6.07) is 10.2. The van der Waals surface area contributed by atoms with Gasteiger partial charge in [-0.1, -0.05) is 41.7 Å². The van der Waals surface area contributed by atoms with Gasteiger partial charge < -0.3 is 11.9 Å². The van der Waals surface area contributed by atoms with E-state index in [-0.39, 0.29) is 6.15 Å². The molecule has 4 heteroatoms. The van der Waals surface area contributed by atoms with Gasteiger partial charge in [-0.2, -0.15) is 0 Å². The lowest BCUT2D eigenvalue weighted by atomic mass is 10.2. The fourth-order valence-corrected chi connectivity index (χ4v) is 2.11. The molecule has 0 saturated carbocycles. The molecule has 0 unspecified atom stereocenters. The van der Waals surface area contributed by atoms with Crippen molar-refractivity contribution in [1.82, 2.24) is 11.1 Å². The van der Waals surface area contributed by atoms with Crippen molar-refractivity contribution in [2.75, 3.05) is 5.73 Å². The number of aromatic nitrogens is 1. The molecule has 14 heavy (non-hydrogen) atoms. The minimum absolute atomic E-state index is 0. The predicted octanol–water partition coefficient (Wildman–Crippen LogP) is 2.86. The maximum Gasteiger partial charge on any atom is 0.180 e. The Kier molecular flexibility index (Phi) is 3.22. The zero-order valence-corrected chi connectivity index (χ0v) is 8.84. The summed E-state index contributed by atoms with van der Waals surface area (Å²) in [4.78, 5) is 5.35. The molecule has 1 aromatic heterocycles. The van der Waals surface area contributed by atoms with Gasteiger partial charge >= 0.3 is 0 Å². The van der Waals surface area contributed by atoms with Gasteiger partial charge in [0.15, 0.2) is 5.13 Å². The van der Waals surface area contributed by atoms with Crippen LogP contribution in [0.1, 0.15) is 5.69 Å². The minimum atomic E-state index is 0. The number of hydrogen-bond acceptors (Lipinski definition) is 4. The number of anilines is 1. The molecule has 0 amide bonds. The Hall–Kier alpha value is -1.39. The van der Waals surface area contributed by atoms with Crippen molar-refractivity contribution in [3.05, 3.63) is 36.0 Å². The first-order chi connectivity index (χ1) is 6.27. The Morgan fingerprint density at radius 1 is 1.21 bits per heavy atom. The summed E-state index contributed by atoms with van der Waals surface area (Å²) in [5.74, 6) is 0. The van der Waals surface area contributed by atoms with Crippen LogP contribution in [-0.4, -0.2) is 4.98 Å². The first kappa shape index (κ1) is 10.7. The molecule has 1 aromatic carbocycles. The number of rotatable bonds is 1. The van der Waals surface area contributed by atoms with Crippen LogP contribution in [0.25, 0.3) is 10.4 Å². The number of hydrogen-bond donors (Lipinski definition) is 2. The minimum Gasteiger partial charge on any atom is -0.375 e. The van der Waals surface area contributed by atoms with Gasteiger partial charge in [0.2, 0.25) is 0 Å². The number of benzene rings is 1. The van der Waals surface area contributed by atoms with Crippen molar-refractivity contribution in [2.24, 2.45) is 0 Å². The van der Waals surface area contributed by atoms with E-state index < -0.39 is 0 Å². The third kappa shape index (κ3) is 1.92. The van der Waals surface area contributed by atoms with Crippen molar-refractivity contribution in [2.45, 2.75) is 6.92 Å². The van der Waals surface area contributed by atoms with Crippen LogP contribution in [0.15, 0.2) is 30.3 Å². The van der Waals surface area contributed by atoms with Gasteiger partial charge in [-0.3, -0.25) is 0 Å². The number of nitrogen functional groups attached to an aromatic ring is 1. The molecule has 0 radical (unpaired) electrons. The van der Waals surface area contributed by atoms with Gasteiger partial charge in [-0.15, -0.1) is 0 Å². The van der Waals surface area contributed by atoms with Gasteiger partial charge in [0.05, 0.1) is 10.6 Å². The molecule has 5 N–H and O–H groups in total. The van der Waals surface area contributed by atoms with Crippen molar-refractivity contribution >= 4 is 16.5 Å². The van der Waals surface area contributed by atoms with Crippen LogP contribution in [-0.2, 0) is 0 Å². The molecule has 0 fully saturated rings. The summed E-state index contributed by atoms with van der Waals surface area (Å²) in [7, 11) is 0. The van der Waals surface area contributed by atoms with Crippen LogP contribution in [0.2, 0.25) is 0 Å². The molecule has 0 aliphatic carbocycles. The van der Waals surface area contributed by atoms with Gasteiger partial charge in [-0.05, 0) is 12.5 Å². The number of thiazole rings is 1. The highest BCUT2D eigenvalue weighted by molar-refractivity contribution is 7.18. The fourth-order valence-electron chi connectivity index (χ4n) is 1.27. The molecular formula is C10H13N3S. The highest BCUT2D eigenvalue weighted by atomic mass is 32.1. The van der Waals surface area contributed by atoms with Crippen LogP contribution in [0.5, 0.6) is 0 Å². The standard InChI is InChI=1S/C10H10N2S.H3N/c1-7-9(13-10(11)12-7)8-5-3-2-4-6-8;/h2-6H,1H3,(H2,11,12);1H3. The Balaban J connectivity index is 0.000000980. The van der Waals surface area contributed by atoms with E-state index in [1.807, 2.05) is 25.1 Å². The molecule has 0 atom stereocenters. The Labute approximate surface area is 87.2 Å². The number of aryl methyl sites for hydroxylation is 1. The third-order valence-electron chi connectivity index (χ3n) is 1.85. The summed E-state index contributed by atoms with van der Waals surface area (Å²) < 4.78 is 0. The van der Waals surface area contributed by atoms with Crippen LogP contribution in [0.3, 0.4) is 0 Å². The fraction of sp³-hybridized carbons (Fsp3) is 0.100. The third-order valence-corrected chi connectivity index (χ3v) is 2.88. The summed E-state index contributed by atoms with van der Waals surface area (Å²) in [5, 5.41) is 0.636. The molecule has 0 spiro atoms. The molecule has 0 aliphatic rings. The SMILES string of the molecule is Cc1nc(N)sc1-c1ccccc1.N. The van der Waals surface area contributed by atoms with E-state index >= 15 is 0 Å². The lowest BCUT2D eigenvalue weighted by Gasteiger charge is -1.95. The predicted molar refractivity (Wildman–Crippen MR) is 61.7 cm³/mol. The van der Waals surface area contributed by atoms with Crippen LogP contribution >= 0.6 is 11.3 Å². The molecule has 3 nitrogen and oxygen atoms in total. The molecule has 0 aliphatic heterocycles. The van der Waals surface area contributed by atoms with Crippen LogP contribution in [0.4, 0.5) is 5.13 Å². The van der Waals surface area contributed by atoms with Crippen LogP contribution < -0.4 is 11.9 Å². The smallest absolute Gasteiger partial charge is 0.180 e. The van der Waals surface area contributed by atoms with E-state index in [0.29, 0.717) is 5.13 Å². The molecule has 0 saturated heterocycles. The second kappa shape index (κ2) is 4.21. The lowest BCUT2D eigenvalue weighted by molar-refractivity contribution is 1.27. The van der Waals surface area contributed by atoms with E-state index in [0.717, 1.165) is 10.6 Å². The second-order valence-electron chi connectivity index (χ2n) is 2.83. The monoisotopic (exact) mass is 207 g/mol. The van der Waals surface area contributed by atoms with Crippen molar-refractivity contribution in [1.29, 1.82) is 0 Å².